The number of anilines is 1. The molecule has 16 heavy (non-hydrogen) atoms. The maximum Gasteiger partial charge on any atom is 0.196 e. The fraction of sp³-hybridized carbons (Fsp3) is 0.583. The third-order valence-corrected chi connectivity index (χ3v) is 2.84. The Morgan fingerprint density at radius 1 is 1.56 bits per heavy atom. The lowest BCUT2D eigenvalue weighted by molar-refractivity contribution is 0.0370. The molecular formula is C12H17NO3. The molecule has 1 fully saturated rings. The van der Waals surface area contributed by atoms with Crippen molar-refractivity contribution >= 4 is 11.7 Å². The van der Waals surface area contributed by atoms with Crippen molar-refractivity contribution in [1.82, 2.24) is 0 Å². The van der Waals surface area contributed by atoms with E-state index in [9.17, 15) is 4.79 Å². The van der Waals surface area contributed by atoms with Crippen LogP contribution in [0.3, 0.4) is 0 Å². The van der Waals surface area contributed by atoms with Crippen molar-refractivity contribution in [2.24, 2.45) is 0 Å². The zero-order chi connectivity index (χ0) is 11.5. The van der Waals surface area contributed by atoms with Gasteiger partial charge in [0.2, 0.25) is 0 Å². The van der Waals surface area contributed by atoms with Gasteiger partial charge in [0.1, 0.15) is 0 Å². The van der Waals surface area contributed by atoms with Crippen molar-refractivity contribution in [3.05, 3.63) is 17.9 Å². The van der Waals surface area contributed by atoms with E-state index in [1.165, 1.54) is 6.92 Å². The highest BCUT2D eigenvalue weighted by Crippen LogP contribution is 2.21. The van der Waals surface area contributed by atoms with E-state index >= 15 is 0 Å². The number of furan rings is 1. The fourth-order valence-electron chi connectivity index (χ4n) is 1.85. The van der Waals surface area contributed by atoms with E-state index in [-0.39, 0.29) is 11.9 Å². The van der Waals surface area contributed by atoms with Crippen LogP contribution in [0.15, 0.2) is 16.5 Å². The summed E-state index contributed by atoms with van der Waals surface area (Å²) in [5.41, 5.74) is 0. The van der Waals surface area contributed by atoms with E-state index in [2.05, 4.69) is 11.8 Å². The second-order valence-electron chi connectivity index (χ2n) is 4.04. The minimum absolute atomic E-state index is 0.0356. The highest BCUT2D eigenvalue weighted by molar-refractivity contribution is 5.91. The van der Waals surface area contributed by atoms with Gasteiger partial charge in [-0.3, -0.25) is 4.79 Å². The van der Waals surface area contributed by atoms with Crippen LogP contribution in [0, 0.1) is 0 Å². The summed E-state index contributed by atoms with van der Waals surface area (Å²) in [7, 11) is 0. The Morgan fingerprint density at radius 2 is 2.38 bits per heavy atom. The minimum Gasteiger partial charge on any atom is -0.437 e. The number of nitrogens with zero attached hydrogens (tertiary/aromatic N) is 1. The molecule has 0 amide bonds. The molecule has 1 aromatic rings. The molecule has 0 N–H and O–H groups in total. The molecule has 2 heterocycles. The molecule has 1 atom stereocenters. The Balaban J connectivity index is 2.08. The van der Waals surface area contributed by atoms with Gasteiger partial charge in [-0.1, -0.05) is 6.92 Å². The van der Waals surface area contributed by atoms with Crippen molar-refractivity contribution in [2.75, 3.05) is 24.6 Å². The standard InChI is InChI=1S/C12H17NO3/c1-3-10-8-13(6-7-15-10)12-5-4-11(16-12)9(2)14/h4-5,10H,3,6-8H2,1-2H3. The normalized spacial score (nSPS) is 21.1. The maximum absolute atomic E-state index is 11.1. The van der Waals surface area contributed by atoms with Gasteiger partial charge in [0.05, 0.1) is 12.7 Å². The Morgan fingerprint density at radius 3 is 3.00 bits per heavy atom. The van der Waals surface area contributed by atoms with Gasteiger partial charge in [0.25, 0.3) is 0 Å². The van der Waals surface area contributed by atoms with Crippen LogP contribution in [0.2, 0.25) is 0 Å². The van der Waals surface area contributed by atoms with Crippen LogP contribution in [0.1, 0.15) is 30.8 Å². The quantitative estimate of drug-likeness (QED) is 0.736. The zero-order valence-corrected chi connectivity index (χ0v) is 9.73. The van der Waals surface area contributed by atoms with Crippen molar-refractivity contribution in [3.8, 4) is 0 Å². The molecular weight excluding hydrogens is 206 g/mol. The molecule has 4 heteroatoms. The first-order valence-electron chi connectivity index (χ1n) is 5.68. The molecule has 0 spiro atoms. The van der Waals surface area contributed by atoms with Crippen LogP contribution in [0.25, 0.3) is 0 Å². The molecule has 0 saturated carbocycles. The van der Waals surface area contributed by atoms with E-state index in [0.717, 1.165) is 25.4 Å². The molecule has 1 saturated heterocycles. The summed E-state index contributed by atoms with van der Waals surface area (Å²) >= 11 is 0. The first-order valence-corrected chi connectivity index (χ1v) is 5.68. The van der Waals surface area contributed by atoms with Gasteiger partial charge in [-0.15, -0.1) is 0 Å². The molecule has 4 nitrogen and oxygen atoms in total. The first kappa shape index (κ1) is 11.2. The Hall–Kier alpha value is -1.29. The van der Waals surface area contributed by atoms with Gasteiger partial charge >= 0.3 is 0 Å². The predicted molar refractivity (Wildman–Crippen MR) is 61.0 cm³/mol. The van der Waals surface area contributed by atoms with Crippen LogP contribution < -0.4 is 4.90 Å². The largest absolute Gasteiger partial charge is 0.437 e. The molecule has 1 aliphatic rings. The number of Topliss-reactive ketones (excluding diaryl/α,β-unsaturated/α-hetero) is 1. The second-order valence-corrected chi connectivity index (χ2v) is 4.04. The number of carbonyl (C=O) groups excluding carboxylic acids is 1. The number of ether oxygens (including phenoxy) is 1. The molecule has 2 rings (SSSR count). The third kappa shape index (κ3) is 2.27. The van der Waals surface area contributed by atoms with Crippen molar-refractivity contribution in [1.29, 1.82) is 0 Å². The number of ketones is 1. The fourth-order valence-corrected chi connectivity index (χ4v) is 1.85. The molecule has 88 valence electrons. The second kappa shape index (κ2) is 4.70. The number of hydrogen-bond acceptors (Lipinski definition) is 4. The maximum atomic E-state index is 11.1. The van der Waals surface area contributed by atoms with Gasteiger partial charge in [-0.2, -0.15) is 0 Å². The average Bonchev–Trinajstić information content (AvgIpc) is 2.78. The van der Waals surface area contributed by atoms with Crippen LogP contribution >= 0.6 is 0 Å². The van der Waals surface area contributed by atoms with Gasteiger partial charge in [0.15, 0.2) is 17.4 Å². The van der Waals surface area contributed by atoms with E-state index in [0.29, 0.717) is 12.4 Å². The SMILES string of the molecule is CCC1CN(c2ccc(C(C)=O)o2)CCO1. The average molecular weight is 223 g/mol. The van der Waals surface area contributed by atoms with Crippen LogP contribution in [-0.2, 0) is 4.74 Å². The molecule has 1 aromatic heterocycles. The molecule has 1 unspecified atom stereocenters. The summed E-state index contributed by atoms with van der Waals surface area (Å²) in [4.78, 5) is 13.3. The Bertz CT molecular complexity index is 372. The number of morpholine rings is 1. The molecule has 0 bridgehead atoms. The molecule has 0 radical (unpaired) electrons. The number of carbonyl (C=O) groups is 1. The summed E-state index contributed by atoms with van der Waals surface area (Å²) in [6, 6.07) is 3.59. The lowest BCUT2D eigenvalue weighted by atomic mass is 10.2. The van der Waals surface area contributed by atoms with E-state index in [1.54, 1.807) is 6.07 Å². The van der Waals surface area contributed by atoms with Crippen molar-refractivity contribution in [2.45, 2.75) is 26.4 Å². The zero-order valence-electron chi connectivity index (χ0n) is 9.73. The van der Waals surface area contributed by atoms with Gasteiger partial charge in [0, 0.05) is 26.1 Å². The summed E-state index contributed by atoms with van der Waals surface area (Å²) < 4.78 is 11.1. The Kier molecular flexibility index (Phi) is 3.29. The van der Waals surface area contributed by atoms with Crippen LogP contribution in [-0.4, -0.2) is 31.6 Å². The highest BCUT2D eigenvalue weighted by Gasteiger charge is 2.21. The number of hydrogen-bond donors (Lipinski definition) is 0. The Labute approximate surface area is 95.2 Å². The van der Waals surface area contributed by atoms with Gasteiger partial charge < -0.3 is 14.1 Å². The smallest absolute Gasteiger partial charge is 0.196 e. The predicted octanol–water partition coefficient (Wildman–Crippen LogP) is 2.10. The molecule has 1 aliphatic heterocycles. The van der Waals surface area contributed by atoms with Gasteiger partial charge in [-0.25, -0.2) is 0 Å². The van der Waals surface area contributed by atoms with E-state index in [4.69, 9.17) is 9.15 Å². The third-order valence-electron chi connectivity index (χ3n) is 2.84. The number of rotatable bonds is 3. The lowest BCUT2D eigenvalue weighted by Crippen LogP contribution is -2.42. The summed E-state index contributed by atoms with van der Waals surface area (Å²) in [5, 5.41) is 0. The van der Waals surface area contributed by atoms with Gasteiger partial charge in [-0.05, 0) is 12.5 Å². The minimum atomic E-state index is -0.0356. The highest BCUT2D eigenvalue weighted by atomic mass is 16.5. The van der Waals surface area contributed by atoms with Crippen LogP contribution in [0.4, 0.5) is 5.88 Å². The van der Waals surface area contributed by atoms with E-state index < -0.39 is 0 Å². The topological polar surface area (TPSA) is 42.7 Å². The van der Waals surface area contributed by atoms with Crippen LogP contribution in [0.5, 0.6) is 0 Å². The first-order chi connectivity index (χ1) is 7.70. The molecule has 0 aliphatic carbocycles. The van der Waals surface area contributed by atoms with E-state index in [1.807, 2.05) is 6.07 Å². The monoisotopic (exact) mass is 223 g/mol. The lowest BCUT2D eigenvalue weighted by Gasteiger charge is -2.32. The summed E-state index contributed by atoms with van der Waals surface area (Å²) in [6.07, 6.45) is 1.26. The van der Waals surface area contributed by atoms with Crippen molar-refractivity contribution in [3.63, 3.8) is 0 Å². The molecule has 0 aromatic carbocycles. The summed E-state index contributed by atoms with van der Waals surface area (Å²) in [5.74, 6) is 1.16. The summed E-state index contributed by atoms with van der Waals surface area (Å²) in [6.45, 7) is 5.99. The van der Waals surface area contributed by atoms with Crippen molar-refractivity contribution < 1.29 is 13.9 Å².